The molecular weight excluding hydrogens is 226 g/mol. The molecule has 0 aromatic heterocycles. The molecule has 0 fully saturated rings. The average Bonchev–Trinajstić information content (AvgIpc) is 2.77. The van der Waals surface area contributed by atoms with Crippen LogP contribution in [0.15, 0.2) is 24.3 Å². The normalized spacial score (nSPS) is 16.7. The number of nitrogens with one attached hydrogen (secondary N) is 1. The number of hydrogen-bond donors (Lipinski definition) is 1. The van der Waals surface area contributed by atoms with Crippen LogP contribution in [-0.2, 0) is 22.4 Å². The highest BCUT2D eigenvalue weighted by atomic mass is 16.5. The van der Waals surface area contributed by atoms with E-state index in [9.17, 15) is 4.79 Å². The van der Waals surface area contributed by atoms with E-state index in [1.807, 2.05) is 13.8 Å². The van der Waals surface area contributed by atoms with Gasteiger partial charge >= 0.3 is 5.97 Å². The van der Waals surface area contributed by atoms with Crippen LogP contribution >= 0.6 is 0 Å². The maximum Gasteiger partial charge on any atom is 0.323 e. The second kappa shape index (κ2) is 5.53. The number of ether oxygens (including phenoxy) is 1. The van der Waals surface area contributed by atoms with Crippen LogP contribution in [0.2, 0.25) is 0 Å². The zero-order valence-corrected chi connectivity index (χ0v) is 11.3. The molecule has 1 aliphatic rings. The monoisotopic (exact) mass is 247 g/mol. The first-order valence-corrected chi connectivity index (χ1v) is 6.52. The van der Waals surface area contributed by atoms with Gasteiger partial charge in [0.2, 0.25) is 0 Å². The summed E-state index contributed by atoms with van der Waals surface area (Å²) >= 11 is 0. The van der Waals surface area contributed by atoms with E-state index in [0.717, 1.165) is 12.8 Å². The van der Waals surface area contributed by atoms with Gasteiger partial charge in [-0.05, 0) is 29.9 Å². The summed E-state index contributed by atoms with van der Waals surface area (Å²) in [5, 5.41) is 3.44. The Labute approximate surface area is 109 Å². The fourth-order valence-electron chi connectivity index (χ4n) is 2.59. The maximum atomic E-state index is 11.7. The van der Waals surface area contributed by atoms with Gasteiger partial charge in [-0.2, -0.15) is 0 Å². The molecule has 1 N–H and O–H groups in total. The fourth-order valence-corrected chi connectivity index (χ4v) is 2.59. The largest absolute Gasteiger partial charge is 0.468 e. The molecule has 0 amide bonds. The van der Waals surface area contributed by atoms with Crippen molar-refractivity contribution in [3.8, 4) is 0 Å². The van der Waals surface area contributed by atoms with Crippen LogP contribution < -0.4 is 5.32 Å². The SMILES string of the molecule is COC(=O)C(NC1Cc2ccccc2C1)C(C)C. The third kappa shape index (κ3) is 2.72. The fraction of sp³-hybridized carbons (Fsp3) is 0.533. The average molecular weight is 247 g/mol. The Bertz CT molecular complexity index is 403. The smallest absolute Gasteiger partial charge is 0.323 e. The number of benzene rings is 1. The van der Waals surface area contributed by atoms with Crippen molar-refractivity contribution in [2.24, 2.45) is 5.92 Å². The minimum Gasteiger partial charge on any atom is -0.468 e. The molecule has 0 heterocycles. The molecule has 18 heavy (non-hydrogen) atoms. The molecule has 1 unspecified atom stereocenters. The summed E-state index contributed by atoms with van der Waals surface area (Å²) in [5.41, 5.74) is 2.78. The first-order valence-electron chi connectivity index (χ1n) is 6.52. The number of carbonyl (C=O) groups excluding carboxylic acids is 1. The van der Waals surface area contributed by atoms with E-state index < -0.39 is 0 Å². The molecule has 3 heteroatoms. The lowest BCUT2D eigenvalue weighted by Crippen LogP contribution is -2.47. The van der Waals surface area contributed by atoms with E-state index in [1.54, 1.807) is 0 Å². The number of fused-ring (bicyclic) bond motifs is 1. The van der Waals surface area contributed by atoms with Crippen LogP contribution in [0.5, 0.6) is 0 Å². The van der Waals surface area contributed by atoms with E-state index in [2.05, 4.69) is 29.6 Å². The quantitative estimate of drug-likeness (QED) is 0.826. The summed E-state index contributed by atoms with van der Waals surface area (Å²) in [7, 11) is 1.45. The Morgan fingerprint density at radius 2 is 1.83 bits per heavy atom. The lowest BCUT2D eigenvalue weighted by Gasteiger charge is -2.23. The van der Waals surface area contributed by atoms with E-state index in [-0.39, 0.29) is 17.9 Å². The number of rotatable bonds is 4. The molecule has 0 radical (unpaired) electrons. The van der Waals surface area contributed by atoms with Crippen LogP contribution in [0.4, 0.5) is 0 Å². The number of methoxy groups -OCH3 is 1. The predicted octanol–water partition coefficient (Wildman–Crippen LogP) is 1.94. The van der Waals surface area contributed by atoms with Gasteiger partial charge in [0.05, 0.1) is 7.11 Å². The molecule has 0 saturated heterocycles. The molecule has 1 aromatic rings. The molecule has 0 aliphatic heterocycles. The van der Waals surface area contributed by atoms with Crippen molar-refractivity contribution in [2.45, 2.75) is 38.8 Å². The lowest BCUT2D eigenvalue weighted by atomic mass is 10.0. The number of esters is 1. The van der Waals surface area contributed by atoms with Crippen LogP contribution in [0.3, 0.4) is 0 Å². The van der Waals surface area contributed by atoms with E-state index in [0.29, 0.717) is 6.04 Å². The summed E-state index contributed by atoms with van der Waals surface area (Å²) in [6, 6.07) is 8.60. The molecule has 0 spiro atoms. The van der Waals surface area contributed by atoms with Crippen molar-refractivity contribution < 1.29 is 9.53 Å². The molecule has 0 bridgehead atoms. The summed E-state index contributed by atoms with van der Waals surface area (Å²) in [5.74, 6) is 0.0714. The predicted molar refractivity (Wildman–Crippen MR) is 71.4 cm³/mol. The van der Waals surface area contributed by atoms with Crippen LogP contribution in [0.25, 0.3) is 0 Å². The zero-order chi connectivity index (χ0) is 13.1. The first kappa shape index (κ1) is 13.1. The zero-order valence-electron chi connectivity index (χ0n) is 11.3. The minimum atomic E-state index is -0.214. The van der Waals surface area contributed by atoms with E-state index in [4.69, 9.17) is 4.74 Å². The third-order valence-electron chi connectivity index (χ3n) is 3.59. The summed E-state index contributed by atoms with van der Waals surface area (Å²) in [4.78, 5) is 11.7. The molecular formula is C15H21NO2. The number of hydrogen-bond acceptors (Lipinski definition) is 3. The van der Waals surface area contributed by atoms with Crippen molar-refractivity contribution >= 4 is 5.97 Å². The molecule has 1 aliphatic carbocycles. The lowest BCUT2D eigenvalue weighted by molar-refractivity contribution is -0.144. The molecule has 0 saturated carbocycles. The van der Waals surface area contributed by atoms with Crippen molar-refractivity contribution in [2.75, 3.05) is 7.11 Å². The Kier molecular flexibility index (Phi) is 4.02. The van der Waals surface area contributed by atoms with Gasteiger partial charge in [-0.1, -0.05) is 38.1 Å². The Balaban J connectivity index is 2.01. The van der Waals surface area contributed by atoms with Gasteiger partial charge in [0, 0.05) is 6.04 Å². The molecule has 2 rings (SSSR count). The number of carbonyl (C=O) groups is 1. The highest BCUT2D eigenvalue weighted by Gasteiger charge is 2.29. The van der Waals surface area contributed by atoms with Crippen molar-refractivity contribution in [3.05, 3.63) is 35.4 Å². The second-order valence-corrected chi connectivity index (χ2v) is 5.29. The van der Waals surface area contributed by atoms with E-state index in [1.165, 1.54) is 18.2 Å². The molecule has 98 valence electrons. The topological polar surface area (TPSA) is 38.3 Å². The van der Waals surface area contributed by atoms with Gasteiger partial charge in [0.15, 0.2) is 0 Å². The summed E-state index contributed by atoms with van der Waals surface area (Å²) in [6.45, 7) is 4.08. The van der Waals surface area contributed by atoms with Gasteiger partial charge in [-0.3, -0.25) is 4.79 Å². The maximum absolute atomic E-state index is 11.7. The highest BCUT2D eigenvalue weighted by molar-refractivity contribution is 5.76. The summed E-state index contributed by atoms with van der Waals surface area (Å²) in [6.07, 6.45) is 1.99. The van der Waals surface area contributed by atoms with Crippen molar-refractivity contribution in [1.29, 1.82) is 0 Å². The van der Waals surface area contributed by atoms with Gasteiger partial charge in [-0.25, -0.2) is 0 Å². The van der Waals surface area contributed by atoms with Crippen LogP contribution in [0.1, 0.15) is 25.0 Å². The second-order valence-electron chi connectivity index (χ2n) is 5.29. The Morgan fingerprint density at radius 1 is 1.28 bits per heavy atom. The van der Waals surface area contributed by atoms with Crippen molar-refractivity contribution in [1.82, 2.24) is 5.32 Å². The molecule has 1 aromatic carbocycles. The van der Waals surface area contributed by atoms with Gasteiger partial charge in [0.1, 0.15) is 6.04 Å². The highest BCUT2D eigenvalue weighted by Crippen LogP contribution is 2.22. The van der Waals surface area contributed by atoms with Gasteiger partial charge < -0.3 is 10.1 Å². The molecule has 3 nitrogen and oxygen atoms in total. The van der Waals surface area contributed by atoms with Crippen LogP contribution in [0, 0.1) is 5.92 Å². The Hall–Kier alpha value is -1.35. The first-order chi connectivity index (χ1) is 8.61. The standard InChI is InChI=1S/C15H21NO2/c1-10(2)14(15(17)18-3)16-13-8-11-6-4-5-7-12(11)9-13/h4-7,10,13-14,16H,8-9H2,1-3H3. The minimum absolute atomic E-state index is 0.166. The third-order valence-corrected chi connectivity index (χ3v) is 3.59. The molecule has 1 atom stereocenters. The van der Waals surface area contributed by atoms with Gasteiger partial charge in [-0.15, -0.1) is 0 Å². The van der Waals surface area contributed by atoms with Gasteiger partial charge in [0.25, 0.3) is 0 Å². The Morgan fingerprint density at radius 3 is 2.28 bits per heavy atom. The summed E-state index contributed by atoms with van der Waals surface area (Å²) < 4.78 is 4.86. The van der Waals surface area contributed by atoms with E-state index >= 15 is 0 Å². The van der Waals surface area contributed by atoms with Crippen LogP contribution in [-0.4, -0.2) is 25.2 Å². The van der Waals surface area contributed by atoms with Crippen molar-refractivity contribution in [3.63, 3.8) is 0 Å².